The SMILES string of the molecule is CCCC(C)NN(C(=O)[C@@H]1CCCN1S(=O)(=O)c1ccc(C)cc1)[C@@H](Cc1ccccc1)C(=O)O. The van der Waals surface area contributed by atoms with Gasteiger partial charge in [0.05, 0.1) is 4.90 Å². The number of carboxylic acid groups (broad SMARTS) is 1. The second kappa shape index (κ2) is 11.8. The van der Waals surface area contributed by atoms with Gasteiger partial charge in [-0.25, -0.2) is 18.6 Å². The molecule has 1 fully saturated rings. The molecule has 1 saturated heterocycles. The summed E-state index contributed by atoms with van der Waals surface area (Å²) in [5, 5.41) is 11.3. The van der Waals surface area contributed by atoms with Crippen LogP contribution in [-0.2, 0) is 26.0 Å². The standard InChI is InChI=1S/C26H35N3O5S/c1-4-9-20(3)27-29(24(26(31)32)18-21-10-6-5-7-11-21)25(30)23-12-8-17-28(23)35(33,34)22-15-13-19(2)14-16-22/h5-7,10-11,13-16,20,23-24,27H,4,8-9,12,17-18H2,1-3H3,(H,31,32)/t20?,23-,24-/m0/s1. The Morgan fingerprint density at radius 1 is 1.14 bits per heavy atom. The summed E-state index contributed by atoms with van der Waals surface area (Å²) < 4.78 is 28.1. The highest BCUT2D eigenvalue weighted by molar-refractivity contribution is 7.89. The van der Waals surface area contributed by atoms with E-state index < -0.39 is 34.0 Å². The highest BCUT2D eigenvalue weighted by atomic mass is 32.2. The highest BCUT2D eigenvalue weighted by Gasteiger charge is 2.44. The molecule has 3 rings (SSSR count). The third-order valence-corrected chi connectivity index (χ3v) is 8.23. The number of benzene rings is 2. The molecule has 190 valence electrons. The van der Waals surface area contributed by atoms with Crippen LogP contribution in [0.25, 0.3) is 0 Å². The number of hydrogen-bond acceptors (Lipinski definition) is 5. The van der Waals surface area contributed by atoms with E-state index in [9.17, 15) is 23.1 Å². The molecule has 0 bridgehead atoms. The van der Waals surface area contributed by atoms with Gasteiger partial charge >= 0.3 is 5.97 Å². The lowest BCUT2D eigenvalue weighted by Gasteiger charge is -2.35. The molecule has 1 heterocycles. The quantitative estimate of drug-likeness (QED) is 0.457. The molecule has 0 aromatic heterocycles. The van der Waals surface area contributed by atoms with E-state index in [0.29, 0.717) is 12.8 Å². The molecular weight excluding hydrogens is 466 g/mol. The van der Waals surface area contributed by atoms with Crippen molar-refractivity contribution in [2.75, 3.05) is 6.54 Å². The molecule has 0 spiro atoms. The topological polar surface area (TPSA) is 107 Å². The van der Waals surface area contributed by atoms with Crippen LogP contribution in [0.2, 0.25) is 0 Å². The fourth-order valence-corrected chi connectivity index (χ4v) is 6.10. The maximum absolute atomic E-state index is 13.9. The van der Waals surface area contributed by atoms with E-state index in [1.165, 1.54) is 9.31 Å². The van der Waals surface area contributed by atoms with Crippen LogP contribution in [-0.4, -0.2) is 59.4 Å². The maximum atomic E-state index is 13.9. The fourth-order valence-electron chi connectivity index (χ4n) is 4.45. The monoisotopic (exact) mass is 501 g/mol. The van der Waals surface area contributed by atoms with E-state index in [1.807, 2.05) is 51.1 Å². The lowest BCUT2D eigenvalue weighted by Crippen LogP contribution is -2.60. The summed E-state index contributed by atoms with van der Waals surface area (Å²) in [4.78, 5) is 26.4. The Balaban J connectivity index is 1.94. The van der Waals surface area contributed by atoms with Crippen LogP contribution in [0.5, 0.6) is 0 Å². The molecular formula is C26H35N3O5S. The number of aryl methyl sites for hydroxylation is 1. The van der Waals surface area contributed by atoms with Gasteiger partial charge in [-0.1, -0.05) is 61.4 Å². The van der Waals surface area contributed by atoms with Gasteiger partial charge in [0.15, 0.2) is 0 Å². The molecule has 1 amide bonds. The van der Waals surface area contributed by atoms with Gasteiger partial charge in [0.2, 0.25) is 10.0 Å². The first-order valence-electron chi connectivity index (χ1n) is 12.1. The van der Waals surface area contributed by atoms with E-state index in [1.54, 1.807) is 24.3 Å². The lowest BCUT2D eigenvalue weighted by molar-refractivity contribution is -0.155. The van der Waals surface area contributed by atoms with E-state index in [-0.39, 0.29) is 23.9 Å². The van der Waals surface area contributed by atoms with Crippen LogP contribution in [0.4, 0.5) is 0 Å². The highest BCUT2D eigenvalue weighted by Crippen LogP contribution is 2.28. The van der Waals surface area contributed by atoms with Crippen molar-refractivity contribution in [3.05, 3.63) is 65.7 Å². The number of rotatable bonds is 11. The Morgan fingerprint density at radius 2 is 1.80 bits per heavy atom. The number of sulfonamides is 1. The molecule has 1 aliphatic rings. The Kier molecular flexibility index (Phi) is 9.04. The summed E-state index contributed by atoms with van der Waals surface area (Å²) in [6.07, 6.45) is 2.55. The summed E-state index contributed by atoms with van der Waals surface area (Å²) in [5.41, 5.74) is 4.81. The third kappa shape index (κ3) is 6.48. The molecule has 0 aliphatic carbocycles. The van der Waals surface area contributed by atoms with Gasteiger partial charge in [-0.15, -0.1) is 0 Å². The molecule has 0 saturated carbocycles. The van der Waals surface area contributed by atoms with Gasteiger partial charge in [-0.2, -0.15) is 4.31 Å². The minimum absolute atomic E-state index is 0.102. The van der Waals surface area contributed by atoms with Gasteiger partial charge in [-0.05, 0) is 50.8 Å². The predicted octanol–water partition coefficient (Wildman–Crippen LogP) is 3.37. The molecule has 2 aromatic rings. The Morgan fingerprint density at radius 3 is 2.40 bits per heavy atom. The molecule has 1 aliphatic heterocycles. The van der Waals surface area contributed by atoms with E-state index in [0.717, 1.165) is 24.0 Å². The van der Waals surface area contributed by atoms with Crippen molar-refractivity contribution in [2.45, 2.75) is 75.9 Å². The fraction of sp³-hybridized carbons (Fsp3) is 0.462. The van der Waals surface area contributed by atoms with Crippen LogP contribution < -0.4 is 5.43 Å². The largest absolute Gasteiger partial charge is 0.480 e. The molecule has 9 heteroatoms. The van der Waals surface area contributed by atoms with Crippen LogP contribution >= 0.6 is 0 Å². The van der Waals surface area contributed by atoms with Gasteiger partial charge in [0, 0.05) is 19.0 Å². The summed E-state index contributed by atoms with van der Waals surface area (Å²) >= 11 is 0. The molecule has 35 heavy (non-hydrogen) atoms. The number of carbonyl (C=O) groups is 2. The first kappa shape index (κ1) is 26.8. The van der Waals surface area contributed by atoms with Crippen LogP contribution in [0, 0.1) is 6.92 Å². The molecule has 3 atom stereocenters. The van der Waals surface area contributed by atoms with Crippen molar-refractivity contribution in [3.8, 4) is 0 Å². The first-order valence-corrected chi connectivity index (χ1v) is 13.5. The Hall–Kier alpha value is -2.75. The van der Waals surface area contributed by atoms with Crippen LogP contribution in [0.15, 0.2) is 59.5 Å². The number of hydrazine groups is 1. The smallest absolute Gasteiger partial charge is 0.328 e. The summed E-state index contributed by atoms with van der Waals surface area (Å²) in [6.45, 7) is 5.98. The zero-order valence-corrected chi connectivity index (χ0v) is 21.4. The molecule has 2 N–H and O–H groups in total. The average molecular weight is 502 g/mol. The molecule has 2 aromatic carbocycles. The number of nitrogens with one attached hydrogen (secondary N) is 1. The van der Waals surface area contributed by atoms with Gasteiger partial charge in [-0.3, -0.25) is 9.80 Å². The molecule has 1 unspecified atom stereocenters. The summed E-state index contributed by atoms with van der Waals surface area (Å²) in [5.74, 6) is -1.69. The number of nitrogens with zero attached hydrogens (tertiary/aromatic N) is 2. The predicted molar refractivity (Wildman–Crippen MR) is 134 cm³/mol. The summed E-state index contributed by atoms with van der Waals surface area (Å²) in [6, 6.07) is 13.3. The second-order valence-electron chi connectivity index (χ2n) is 9.16. The van der Waals surface area contributed by atoms with Gasteiger partial charge in [0.25, 0.3) is 5.91 Å². The van der Waals surface area contributed by atoms with E-state index >= 15 is 0 Å². The number of carbonyl (C=O) groups excluding carboxylic acids is 1. The zero-order valence-electron chi connectivity index (χ0n) is 20.6. The first-order chi connectivity index (χ1) is 16.6. The van der Waals surface area contributed by atoms with E-state index in [2.05, 4.69) is 5.43 Å². The van der Waals surface area contributed by atoms with E-state index in [4.69, 9.17) is 0 Å². The lowest BCUT2D eigenvalue weighted by atomic mass is 10.0. The number of aliphatic carboxylic acids is 1. The number of carboxylic acids is 1. The third-order valence-electron chi connectivity index (χ3n) is 6.30. The van der Waals surface area contributed by atoms with Crippen molar-refractivity contribution in [1.82, 2.24) is 14.7 Å². The Bertz CT molecular complexity index is 1110. The van der Waals surface area contributed by atoms with Gasteiger partial charge < -0.3 is 5.11 Å². The minimum atomic E-state index is -3.92. The average Bonchev–Trinajstić information content (AvgIpc) is 3.33. The van der Waals surface area contributed by atoms with Crippen molar-refractivity contribution >= 4 is 21.9 Å². The number of amides is 1. The van der Waals surface area contributed by atoms with Crippen molar-refractivity contribution in [2.24, 2.45) is 0 Å². The molecule has 0 radical (unpaired) electrons. The van der Waals surface area contributed by atoms with Crippen molar-refractivity contribution in [3.63, 3.8) is 0 Å². The maximum Gasteiger partial charge on any atom is 0.328 e. The Labute approximate surface area is 208 Å². The van der Waals surface area contributed by atoms with Crippen LogP contribution in [0.1, 0.15) is 50.7 Å². The zero-order chi connectivity index (χ0) is 25.6. The molecule has 8 nitrogen and oxygen atoms in total. The summed E-state index contributed by atoms with van der Waals surface area (Å²) in [7, 11) is -3.92. The van der Waals surface area contributed by atoms with Crippen molar-refractivity contribution < 1.29 is 23.1 Å². The second-order valence-corrected chi connectivity index (χ2v) is 11.0. The number of hydrogen-bond donors (Lipinski definition) is 2. The normalized spacial score (nSPS) is 18.2. The minimum Gasteiger partial charge on any atom is -0.480 e. The van der Waals surface area contributed by atoms with Crippen LogP contribution in [0.3, 0.4) is 0 Å². The van der Waals surface area contributed by atoms with Gasteiger partial charge in [0.1, 0.15) is 12.1 Å². The van der Waals surface area contributed by atoms with Crippen molar-refractivity contribution in [1.29, 1.82) is 0 Å².